The van der Waals surface area contributed by atoms with E-state index < -0.39 is 5.91 Å². The number of aliphatic imine (C=N–C) groups is 1. The van der Waals surface area contributed by atoms with Crippen LogP contribution in [0.25, 0.3) is 0 Å². The molecule has 0 aliphatic carbocycles. The fourth-order valence-corrected chi connectivity index (χ4v) is 3.23. The zero-order chi connectivity index (χ0) is 20.4. The van der Waals surface area contributed by atoms with Gasteiger partial charge in [0.1, 0.15) is 0 Å². The molecule has 0 bridgehead atoms. The number of nitrogens with one attached hydrogen (secondary N) is 3. The molecule has 29 heavy (non-hydrogen) atoms. The molecule has 2 rings (SSSR count). The van der Waals surface area contributed by atoms with Gasteiger partial charge < -0.3 is 26.6 Å². The fraction of sp³-hybridized carbons (Fsp3) is 0.550. The highest BCUT2D eigenvalue weighted by molar-refractivity contribution is 14.0. The number of amides is 2. The molecule has 1 heterocycles. The predicted octanol–water partition coefficient (Wildman–Crippen LogP) is 1.06. The van der Waals surface area contributed by atoms with Crippen LogP contribution in [0, 0.1) is 0 Å². The molecule has 1 saturated heterocycles. The van der Waals surface area contributed by atoms with Crippen LogP contribution in [0.3, 0.4) is 0 Å². The van der Waals surface area contributed by atoms with Crippen LogP contribution >= 0.6 is 24.0 Å². The summed E-state index contributed by atoms with van der Waals surface area (Å²) in [6.07, 6.45) is 3.44. The molecule has 1 aromatic rings. The summed E-state index contributed by atoms with van der Waals surface area (Å²) in [5, 5.41) is 9.29. The second kappa shape index (κ2) is 13.4. The summed E-state index contributed by atoms with van der Waals surface area (Å²) in [5.41, 5.74) is 6.56. The van der Waals surface area contributed by atoms with E-state index in [1.807, 2.05) is 12.1 Å². The van der Waals surface area contributed by atoms with Crippen LogP contribution < -0.4 is 21.7 Å². The molecule has 9 heteroatoms. The standard InChI is InChI=1S/C20H32N6O2.HI/c1-3-10-26-11-8-17(9-12-26)25-20(22-2)24-13-15-4-6-16(7-5-15)19(28)23-14-18(21)27;/h4-7,17H,3,8-14H2,1-2H3,(H2,21,27)(H,23,28)(H2,22,24,25);1H. The molecule has 1 aliphatic heterocycles. The topological polar surface area (TPSA) is 112 Å². The van der Waals surface area contributed by atoms with E-state index in [2.05, 4.69) is 32.8 Å². The van der Waals surface area contributed by atoms with Crippen molar-refractivity contribution in [2.45, 2.75) is 38.8 Å². The Hall–Kier alpha value is -1.88. The van der Waals surface area contributed by atoms with Gasteiger partial charge in [-0.1, -0.05) is 19.1 Å². The van der Waals surface area contributed by atoms with Crippen LogP contribution in [0.2, 0.25) is 0 Å². The van der Waals surface area contributed by atoms with Crippen molar-refractivity contribution >= 4 is 41.8 Å². The Kier molecular flexibility index (Phi) is 11.6. The number of nitrogens with two attached hydrogens (primary N) is 1. The number of primary amides is 1. The second-order valence-electron chi connectivity index (χ2n) is 7.03. The van der Waals surface area contributed by atoms with Gasteiger partial charge in [-0.2, -0.15) is 0 Å². The molecule has 1 aromatic carbocycles. The van der Waals surface area contributed by atoms with E-state index in [0.717, 1.165) is 37.5 Å². The maximum absolute atomic E-state index is 11.9. The van der Waals surface area contributed by atoms with Crippen LogP contribution in [0.15, 0.2) is 29.3 Å². The molecule has 1 aliphatic rings. The van der Waals surface area contributed by atoms with E-state index in [9.17, 15) is 9.59 Å². The molecule has 8 nitrogen and oxygen atoms in total. The normalized spacial score (nSPS) is 15.3. The van der Waals surface area contributed by atoms with Gasteiger partial charge in [0.25, 0.3) is 5.91 Å². The highest BCUT2D eigenvalue weighted by atomic mass is 127. The summed E-state index contributed by atoms with van der Waals surface area (Å²) in [5.74, 6) is -0.0912. The van der Waals surface area contributed by atoms with Crippen molar-refractivity contribution in [1.29, 1.82) is 0 Å². The molecule has 0 spiro atoms. The number of likely N-dealkylation sites (tertiary alicyclic amines) is 1. The SMILES string of the molecule is CCCN1CCC(NC(=NC)NCc2ccc(C(=O)NCC(N)=O)cc2)CC1.I. The quantitative estimate of drug-likeness (QED) is 0.235. The Balaban J connectivity index is 0.00000420. The van der Waals surface area contributed by atoms with Gasteiger partial charge in [0.15, 0.2) is 5.96 Å². The molecule has 5 N–H and O–H groups in total. The van der Waals surface area contributed by atoms with Crippen LogP contribution in [0.4, 0.5) is 0 Å². The van der Waals surface area contributed by atoms with Crippen molar-refractivity contribution < 1.29 is 9.59 Å². The van der Waals surface area contributed by atoms with E-state index in [1.165, 1.54) is 13.0 Å². The maximum atomic E-state index is 11.9. The third-order valence-corrected chi connectivity index (χ3v) is 4.79. The molecular formula is C20H33IN6O2. The lowest BCUT2D eigenvalue weighted by atomic mass is 10.1. The summed E-state index contributed by atoms with van der Waals surface area (Å²) in [4.78, 5) is 29.4. The van der Waals surface area contributed by atoms with Gasteiger partial charge in [-0.05, 0) is 43.5 Å². The second-order valence-corrected chi connectivity index (χ2v) is 7.03. The average molecular weight is 516 g/mol. The summed E-state index contributed by atoms with van der Waals surface area (Å²) in [6, 6.07) is 7.65. The van der Waals surface area contributed by atoms with E-state index in [-0.39, 0.29) is 36.4 Å². The van der Waals surface area contributed by atoms with E-state index in [1.54, 1.807) is 19.2 Å². The first kappa shape index (κ1) is 25.2. The van der Waals surface area contributed by atoms with Crippen molar-refractivity contribution in [3.63, 3.8) is 0 Å². The van der Waals surface area contributed by atoms with Crippen molar-refractivity contribution in [1.82, 2.24) is 20.9 Å². The van der Waals surface area contributed by atoms with Crippen molar-refractivity contribution in [3.05, 3.63) is 35.4 Å². The zero-order valence-corrected chi connectivity index (χ0v) is 19.6. The number of nitrogens with zero attached hydrogens (tertiary/aromatic N) is 2. The molecule has 0 saturated carbocycles. The third-order valence-electron chi connectivity index (χ3n) is 4.79. The number of piperidine rings is 1. The first-order valence-corrected chi connectivity index (χ1v) is 9.86. The van der Waals surface area contributed by atoms with Crippen LogP contribution in [-0.2, 0) is 11.3 Å². The summed E-state index contributed by atoms with van der Waals surface area (Å²) in [7, 11) is 1.77. The van der Waals surface area contributed by atoms with Gasteiger partial charge in [-0.15, -0.1) is 24.0 Å². The molecule has 2 amide bonds. The van der Waals surface area contributed by atoms with Gasteiger partial charge in [-0.3, -0.25) is 14.6 Å². The van der Waals surface area contributed by atoms with Crippen molar-refractivity contribution in [2.75, 3.05) is 33.2 Å². The lowest BCUT2D eigenvalue weighted by molar-refractivity contribution is -0.117. The van der Waals surface area contributed by atoms with Gasteiger partial charge >= 0.3 is 0 Å². The van der Waals surface area contributed by atoms with Gasteiger partial charge in [-0.25, -0.2) is 0 Å². The number of guanidine groups is 1. The predicted molar refractivity (Wildman–Crippen MR) is 126 cm³/mol. The monoisotopic (exact) mass is 516 g/mol. The largest absolute Gasteiger partial charge is 0.368 e. The van der Waals surface area contributed by atoms with Gasteiger partial charge in [0.05, 0.1) is 6.54 Å². The Bertz CT molecular complexity index is 672. The molecule has 0 atom stereocenters. The number of carbonyl (C=O) groups is 2. The minimum atomic E-state index is -0.566. The Morgan fingerprint density at radius 3 is 2.38 bits per heavy atom. The molecule has 0 unspecified atom stereocenters. The van der Waals surface area contributed by atoms with Crippen molar-refractivity contribution in [2.24, 2.45) is 10.7 Å². The van der Waals surface area contributed by atoms with Gasteiger partial charge in [0, 0.05) is 38.3 Å². The third kappa shape index (κ3) is 8.99. The summed E-state index contributed by atoms with van der Waals surface area (Å²) >= 11 is 0. The minimum absolute atomic E-state index is 0. The number of rotatable bonds is 8. The van der Waals surface area contributed by atoms with Gasteiger partial charge in [0.2, 0.25) is 5.91 Å². The highest BCUT2D eigenvalue weighted by Gasteiger charge is 2.19. The smallest absolute Gasteiger partial charge is 0.251 e. The Labute approximate surface area is 190 Å². The number of benzene rings is 1. The first-order chi connectivity index (χ1) is 13.5. The zero-order valence-electron chi connectivity index (χ0n) is 17.2. The highest BCUT2D eigenvalue weighted by Crippen LogP contribution is 2.10. The first-order valence-electron chi connectivity index (χ1n) is 9.86. The Morgan fingerprint density at radius 1 is 1.17 bits per heavy atom. The molecule has 0 aromatic heterocycles. The van der Waals surface area contributed by atoms with E-state index >= 15 is 0 Å². The number of halogens is 1. The maximum Gasteiger partial charge on any atom is 0.251 e. The number of hydrogen-bond donors (Lipinski definition) is 4. The molecule has 0 radical (unpaired) electrons. The van der Waals surface area contributed by atoms with E-state index in [0.29, 0.717) is 18.2 Å². The minimum Gasteiger partial charge on any atom is -0.368 e. The molecule has 162 valence electrons. The number of hydrogen-bond acceptors (Lipinski definition) is 4. The summed E-state index contributed by atoms with van der Waals surface area (Å²) < 4.78 is 0. The fourth-order valence-electron chi connectivity index (χ4n) is 3.23. The average Bonchev–Trinajstić information content (AvgIpc) is 2.71. The molecule has 1 fully saturated rings. The molecular weight excluding hydrogens is 483 g/mol. The lowest BCUT2D eigenvalue weighted by Crippen LogP contribution is -2.48. The Morgan fingerprint density at radius 2 is 1.83 bits per heavy atom. The lowest BCUT2D eigenvalue weighted by Gasteiger charge is -2.32. The number of carbonyl (C=O) groups excluding carboxylic acids is 2. The van der Waals surface area contributed by atoms with Crippen LogP contribution in [0.1, 0.15) is 42.1 Å². The van der Waals surface area contributed by atoms with Crippen molar-refractivity contribution in [3.8, 4) is 0 Å². The van der Waals surface area contributed by atoms with E-state index in [4.69, 9.17) is 5.73 Å². The van der Waals surface area contributed by atoms with Crippen LogP contribution in [-0.4, -0.2) is 61.9 Å². The summed E-state index contributed by atoms with van der Waals surface area (Å²) in [6.45, 7) is 6.09. The van der Waals surface area contributed by atoms with Crippen LogP contribution in [0.5, 0.6) is 0 Å².